The van der Waals surface area contributed by atoms with Crippen LogP contribution in [-0.4, -0.2) is 35.4 Å². The van der Waals surface area contributed by atoms with E-state index in [0.717, 1.165) is 11.4 Å². The number of likely N-dealkylation sites (N-methyl/N-ethyl adjacent to an activating group) is 1. The number of halogens is 1. The summed E-state index contributed by atoms with van der Waals surface area (Å²) in [6.07, 6.45) is 2.24. The normalized spacial score (nSPS) is 18.4. The molecule has 1 amide bonds. The van der Waals surface area contributed by atoms with Crippen molar-refractivity contribution < 1.29 is 4.79 Å². The van der Waals surface area contributed by atoms with Gasteiger partial charge in [0.05, 0.1) is 11.6 Å². The first-order valence-electron chi connectivity index (χ1n) is 5.45. The van der Waals surface area contributed by atoms with E-state index in [-0.39, 0.29) is 11.9 Å². The second-order valence-corrected chi connectivity index (χ2v) is 5.70. The van der Waals surface area contributed by atoms with Crippen LogP contribution in [0.3, 0.4) is 0 Å². The molecule has 0 aliphatic carbocycles. The van der Waals surface area contributed by atoms with Crippen LogP contribution in [0.25, 0.3) is 0 Å². The molecule has 0 aromatic carbocycles. The van der Waals surface area contributed by atoms with E-state index in [9.17, 15) is 4.79 Å². The van der Waals surface area contributed by atoms with Gasteiger partial charge in [-0.15, -0.1) is 0 Å². The average Bonchev–Trinajstić information content (AvgIpc) is 2.67. The minimum Gasteiger partial charge on any atom is -0.364 e. The Morgan fingerprint density at radius 2 is 2.50 bits per heavy atom. The van der Waals surface area contributed by atoms with Gasteiger partial charge in [-0.3, -0.25) is 4.79 Å². The van der Waals surface area contributed by atoms with Crippen LogP contribution in [0.5, 0.6) is 0 Å². The Kier molecular flexibility index (Phi) is 4.72. The van der Waals surface area contributed by atoms with E-state index in [1.807, 2.05) is 19.2 Å². The van der Waals surface area contributed by atoms with Crippen molar-refractivity contribution >= 4 is 41.9 Å². The summed E-state index contributed by atoms with van der Waals surface area (Å²) in [4.78, 5) is 17.5. The van der Waals surface area contributed by atoms with E-state index in [1.165, 1.54) is 8.93 Å². The number of nitrogens with zero attached hydrogens (tertiary/aromatic N) is 2. The van der Waals surface area contributed by atoms with Gasteiger partial charge in [-0.05, 0) is 26.3 Å². The number of hydrogen-bond donors (Lipinski definition) is 1. The summed E-state index contributed by atoms with van der Waals surface area (Å²) in [5, 5.41) is 6.23. The zero-order chi connectivity index (χ0) is 13.0. The van der Waals surface area contributed by atoms with Gasteiger partial charge in [0.1, 0.15) is 5.82 Å². The highest BCUT2D eigenvalue weighted by atomic mass is 127. The van der Waals surface area contributed by atoms with Crippen molar-refractivity contribution in [3.8, 4) is 11.2 Å². The van der Waals surface area contributed by atoms with Gasteiger partial charge in [0.2, 0.25) is 5.91 Å². The Bertz CT molecular complexity index is 512. The predicted octanol–water partition coefficient (Wildman–Crippen LogP) is 2.12. The molecule has 1 fully saturated rings. The number of rotatable bonds is 2. The standard InChI is InChI=1S/C12H12IN3OS/c1-16-8-10(7-11(16)17)15-12-9(4-6-18-13)3-2-5-14-12/h2-3,5,10H,7-8H2,1H3,(H,14,15). The number of pyridine rings is 1. The number of anilines is 1. The maximum absolute atomic E-state index is 11.5. The van der Waals surface area contributed by atoms with Gasteiger partial charge in [0.15, 0.2) is 0 Å². The predicted molar refractivity (Wildman–Crippen MR) is 82.4 cm³/mol. The van der Waals surface area contributed by atoms with Crippen LogP contribution < -0.4 is 5.32 Å². The highest BCUT2D eigenvalue weighted by Crippen LogP contribution is 2.17. The topological polar surface area (TPSA) is 45.2 Å². The average molecular weight is 373 g/mol. The molecule has 1 unspecified atom stereocenters. The zero-order valence-corrected chi connectivity index (χ0v) is 12.8. The Hall–Kier alpha value is -0.940. The summed E-state index contributed by atoms with van der Waals surface area (Å²) < 4.78 is 0. The molecule has 1 aromatic rings. The quantitative estimate of drug-likeness (QED) is 0.637. The highest BCUT2D eigenvalue weighted by molar-refractivity contribution is 14.2. The van der Waals surface area contributed by atoms with Crippen LogP contribution in [0, 0.1) is 11.2 Å². The molecule has 6 heteroatoms. The van der Waals surface area contributed by atoms with Gasteiger partial charge in [-0.25, -0.2) is 4.98 Å². The molecule has 94 valence electrons. The number of amides is 1. The third-order valence-electron chi connectivity index (χ3n) is 2.71. The number of likely N-dealkylation sites (tertiary alicyclic amines) is 1. The van der Waals surface area contributed by atoms with E-state index < -0.39 is 0 Å². The molecule has 0 bridgehead atoms. The first-order chi connectivity index (χ1) is 8.70. The molecular formula is C12H12IN3OS. The van der Waals surface area contributed by atoms with Crippen LogP contribution in [-0.2, 0) is 4.79 Å². The summed E-state index contributed by atoms with van der Waals surface area (Å²) in [5.74, 6) is 3.96. The number of hydrogen-bond acceptors (Lipinski definition) is 4. The molecule has 0 radical (unpaired) electrons. The largest absolute Gasteiger partial charge is 0.364 e. The van der Waals surface area contributed by atoms with Crippen molar-refractivity contribution in [3.05, 3.63) is 23.9 Å². The zero-order valence-electron chi connectivity index (χ0n) is 9.81. The summed E-state index contributed by atoms with van der Waals surface area (Å²) in [5.41, 5.74) is 0.865. The molecule has 0 saturated carbocycles. The van der Waals surface area contributed by atoms with Crippen molar-refractivity contribution in [2.24, 2.45) is 0 Å². The van der Waals surface area contributed by atoms with Gasteiger partial charge in [-0.1, -0.05) is 5.92 Å². The van der Waals surface area contributed by atoms with E-state index in [2.05, 4.69) is 42.7 Å². The van der Waals surface area contributed by atoms with Crippen molar-refractivity contribution in [3.63, 3.8) is 0 Å². The van der Waals surface area contributed by atoms with Crippen molar-refractivity contribution in [1.29, 1.82) is 0 Å². The molecule has 4 nitrogen and oxygen atoms in total. The smallest absolute Gasteiger partial charge is 0.224 e. The fourth-order valence-corrected chi connectivity index (χ4v) is 2.33. The maximum atomic E-state index is 11.5. The molecule has 1 atom stereocenters. The van der Waals surface area contributed by atoms with E-state index >= 15 is 0 Å². The van der Waals surface area contributed by atoms with Crippen molar-refractivity contribution in [2.75, 3.05) is 18.9 Å². The summed E-state index contributed by atoms with van der Waals surface area (Å²) in [7, 11) is 3.26. The summed E-state index contributed by atoms with van der Waals surface area (Å²) >= 11 is 2.13. The van der Waals surface area contributed by atoms with Crippen LogP contribution in [0.2, 0.25) is 0 Å². The van der Waals surface area contributed by atoms with Crippen molar-refractivity contribution in [1.82, 2.24) is 9.88 Å². The lowest BCUT2D eigenvalue weighted by Crippen LogP contribution is -2.25. The van der Waals surface area contributed by atoms with Crippen LogP contribution in [0.4, 0.5) is 5.82 Å². The molecule has 2 heterocycles. The second kappa shape index (κ2) is 6.29. The summed E-state index contributed by atoms with van der Waals surface area (Å²) in [6, 6.07) is 3.90. The molecule has 2 rings (SSSR count). The molecule has 1 aromatic heterocycles. The minimum atomic E-state index is 0.116. The fraction of sp³-hybridized carbons (Fsp3) is 0.333. The van der Waals surface area contributed by atoms with Gasteiger partial charge in [-0.2, -0.15) is 0 Å². The first-order valence-corrected chi connectivity index (χ1v) is 8.80. The Morgan fingerprint density at radius 3 is 3.17 bits per heavy atom. The third-order valence-corrected chi connectivity index (χ3v) is 3.55. The molecule has 1 aliphatic rings. The van der Waals surface area contributed by atoms with Crippen LogP contribution in [0.1, 0.15) is 12.0 Å². The monoisotopic (exact) mass is 373 g/mol. The van der Waals surface area contributed by atoms with Gasteiger partial charge in [0.25, 0.3) is 0 Å². The van der Waals surface area contributed by atoms with Crippen molar-refractivity contribution in [2.45, 2.75) is 12.5 Å². The minimum absolute atomic E-state index is 0.116. The number of nitrogens with one attached hydrogen (secondary N) is 1. The summed E-state index contributed by atoms with van der Waals surface area (Å²) in [6.45, 7) is 0.712. The highest BCUT2D eigenvalue weighted by Gasteiger charge is 2.27. The second-order valence-electron chi connectivity index (χ2n) is 4.02. The number of aromatic nitrogens is 1. The van der Waals surface area contributed by atoms with E-state index in [0.29, 0.717) is 13.0 Å². The lowest BCUT2D eigenvalue weighted by molar-refractivity contribution is -0.126. The first kappa shape index (κ1) is 13.5. The Labute approximate surface area is 123 Å². The van der Waals surface area contributed by atoms with Crippen LogP contribution in [0.15, 0.2) is 18.3 Å². The fourth-order valence-electron chi connectivity index (χ4n) is 1.85. The Balaban J connectivity index is 2.12. The van der Waals surface area contributed by atoms with Crippen LogP contribution >= 0.6 is 30.1 Å². The number of carbonyl (C=O) groups is 1. The molecule has 0 spiro atoms. The SMILES string of the molecule is CN1CC(Nc2ncccc2C#CSI)CC1=O. The molecule has 18 heavy (non-hydrogen) atoms. The molecule has 1 aliphatic heterocycles. The van der Waals surface area contributed by atoms with E-state index in [1.54, 1.807) is 11.1 Å². The third kappa shape index (κ3) is 3.29. The van der Waals surface area contributed by atoms with Gasteiger partial charge < -0.3 is 10.2 Å². The van der Waals surface area contributed by atoms with Gasteiger partial charge in [0, 0.05) is 47.4 Å². The van der Waals surface area contributed by atoms with Gasteiger partial charge >= 0.3 is 0 Å². The number of carbonyl (C=O) groups excluding carboxylic acids is 1. The molecular weight excluding hydrogens is 361 g/mol. The maximum Gasteiger partial charge on any atom is 0.224 e. The lowest BCUT2D eigenvalue weighted by atomic mass is 10.2. The Morgan fingerprint density at radius 1 is 1.67 bits per heavy atom. The lowest BCUT2D eigenvalue weighted by Gasteiger charge is -2.13. The van der Waals surface area contributed by atoms with E-state index in [4.69, 9.17) is 0 Å². The molecule has 1 N–H and O–H groups in total. The molecule has 1 saturated heterocycles.